The molecule has 2 aromatic rings. The lowest BCUT2D eigenvalue weighted by molar-refractivity contribution is -0.163. The summed E-state index contributed by atoms with van der Waals surface area (Å²) in [5, 5.41) is 20.6. The monoisotopic (exact) mass is 373 g/mol. The normalized spacial score (nSPS) is 23.1. The van der Waals surface area contributed by atoms with Crippen molar-refractivity contribution in [3.05, 3.63) is 65.5 Å². The van der Waals surface area contributed by atoms with E-state index in [2.05, 4.69) is 0 Å². The van der Waals surface area contributed by atoms with Crippen molar-refractivity contribution in [2.24, 2.45) is 5.41 Å². The van der Waals surface area contributed by atoms with E-state index in [1.54, 1.807) is 12.1 Å². The fourth-order valence-electron chi connectivity index (χ4n) is 3.69. The van der Waals surface area contributed by atoms with Crippen molar-refractivity contribution in [1.29, 1.82) is 0 Å². The van der Waals surface area contributed by atoms with Gasteiger partial charge in [0.05, 0.1) is 13.2 Å². The van der Waals surface area contributed by atoms with Crippen LogP contribution in [0.3, 0.4) is 0 Å². The molecule has 2 aromatic carbocycles. The van der Waals surface area contributed by atoms with E-state index < -0.39 is 17.5 Å². The molecule has 1 aliphatic rings. The Morgan fingerprint density at radius 1 is 1.30 bits per heavy atom. The van der Waals surface area contributed by atoms with Crippen LogP contribution in [0.1, 0.15) is 17.5 Å². The average Bonchev–Trinajstić information content (AvgIpc) is 2.66. The Hall–Kier alpha value is -2.44. The lowest BCUT2D eigenvalue weighted by Gasteiger charge is -2.43. The molecule has 0 aliphatic carbocycles. The summed E-state index contributed by atoms with van der Waals surface area (Å²) in [5.74, 6) is -0.917. The van der Waals surface area contributed by atoms with Crippen LogP contribution in [0.4, 0.5) is 4.39 Å². The summed E-state index contributed by atoms with van der Waals surface area (Å²) in [6.45, 7) is 0.972. The Bertz CT molecular complexity index is 798. The van der Waals surface area contributed by atoms with Crippen LogP contribution in [0.25, 0.3) is 0 Å². The van der Waals surface area contributed by atoms with Crippen molar-refractivity contribution >= 4 is 5.97 Å². The molecule has 0 unspecified atom stereocenters. The minimum Gasteiger partial charge on any atom is -0.497 e. The smallest absolute Gasteiger partial charge is 0.312 e. The summed E-state index contributed by atoms with van der Waals surface area (Å²) in [6, 6.07) is 14.0. The number of ether oxygens (including phenoxy) is 1. The number of methoxy groups -OCH3 is 1. The van der Waals surface area contributed by atoms with Crippen molar-refractivity contribution in [3.8, 4) is 5.75 Å². The maximum absolute atomic E-state index is 14.2. The molecule has 5 nitrogen and oxygen atoms in total. The van der Waals surface area contributed by atoms with E-state index in [0.29, 0.717) is 30.8 Å². The standard InChI is InChI=1S/C21H24FNO4/c1-27-17-8-7-16(18(22)11-17)13-23-10-9-21(20(25)26,19(24)14-23)12-15-5-3-2-4-6-15/h2-8,11,19,24H,9-10,12-14H2,1H3,(H,25,26)/t19-,21+/m0/s1. The van der Waals surface area contributed by atoms with Gasteiger partial charge in [-0.15, -0.1) is 0 Å². The number of aliphatic hydroxyl groups excluding tert-OH is 1. The Kier molecular flexibility index (Phi) is 5.77. The number of β-amino-alcohol motifs (C(OH)–C–C–N with tert-alkyl or cyclic N) is 1. The highest BCUT2D eigenvalue weighted by atomic mass is 19.1. The molecule has 1 saturated heterocycles. The lowest BCUT2D eigenvalue weighted by atomic mass is 9.71. The Balaban J connectivity index is 1.72. The zero-order valence-corrected chi connectivity index (χ0v) is 15.3. The predicted octanol–water partition coefficient (Wildman–Crippen LogP) is 2.71. The van der Waals surface area contributed by atoms with Crippen molar-refractivity contribution < 1.29 is 24.1 Å². The number of likely N-dealkylation sites (tertiary alicyclic amines) is 1. The van der Waals surface area contributed by atoms with Crippen molar-refractivity contribution in [2.75, 3.05) is 20.2 Å². The quantitative estimate of drug-likeness (QED) is 0.815. The summed E-state index contributed by atoms with van der Waals surface area (Å²) >= 11 is 0. The number of nitrogens with zero attached hydrogens (tertiary/aromatic N) is 1. The van der Waals surface area contributed by atoms with Gasteiger partial charge in [-0.3, -0.25) is 9.69 Å². The third kappa shape index (κ3) is 4.12. The fraction of sp³-hybridized carbons (Fsp3) is 0.381. The van der Waals surface area contributed by atoms with Crippen LogP contribution in [0.5, 0.6) is 5.75 Å². The fourth-order valence-corrected chi connectivity index (χ4v) is 3.69. The van der Waals surface area contributed by atoms with Crippen LogP contribution in [0.15, 0.2) is 48.5 Å². The molecule has 2 atom stereocenters. The maximum atomic E-state index is 14.2. The lowest BCUT2D eigenvalue weighted by Crippen LogP contribution is -2.55. The topological polar surface area (TPSA) is 70.0 Å². The maximum Gasteiger partial charge on any atom is 0.312 e. The minimum absolute atomic E-state index is 0.185. The van der Waals surface area contributed by atoms with Gasteiger partial charge in [-0.2, -0.15) is 0 Å². The first-order chi connectivity index (χ1) is 12.9. The zero-order chi connectivity index (χ0) is 19.4. The van der Waals surface area contributed by atoms with Crippen LogP contribution in [-0.2, 0) is 17.8 Å². The molecular weight excluding hydrogens is 349 g/mol. The van der Waals surface area contributed by atoms with Crippen LogP contribution >= 0.6 is 0 Å². The summed E-state index contributed by atoms with van der Waals surface area (Å²) < 4.78 is 19.2. The first-order valence-corrected chi connectivity index (χ1v) is 8.95. The molecule has 6 heteroatoms. The number of benzene rings is 2. The van der Waals surface area contributed by atoms with Crippen molar-refractivity contribution in [2.45, 2.75) is 25.5 Å². The summed E-state index contributed by atoms with van der Waals surface area (Å²) in [4.78, 5) is 13.9. The van der Waals surface area contributed by atoms with E-state index in [-0.39, 0.29) is 18.8 Å². The van der Waals surface area contributed by atoms with Gasteiger partial charge in [0.2, 0.25) is 0 Å². The molecule has 1 heterocycles. The molecule has 144 valence electrons. The molecule has 2 N–H and O–H groups in total. The highest BCUT2D eigenvalue weighted by Crippen LogP contribution is 2.36. The third-order valence-electron chi connectivity index (χ3n) is 5.39. The Morgan fingerprint density at radius 3 is 2.63 bits per heavy atom. The number of hydrogen-bond donors (Lipinski definition) is 2. The van der Waals surface area contributed by atoms with Gasteiger partial charge in [0, 0.05) is 24.7 Å². The number of hydrogen-bond acceptors (Lipinski definition) is 4. The second-order valence-corrected chi connectivity index (χ2v) is 7.08. The molecular formula is C21H24FNO4. The van der Waals surface area contributed by atoms with E-state index in [1.807, 2.05) is 35.2 Å². The minimum atomic E-state index is -1.23. The molecule has 0 bridgehead atoms. The SMILES string of the molecule is COc1ccc(CN2CC[C@](Cc3ccccc3)(C(=O)O)[C@@H](O)C2)c(F)c1. The number of aliphatic carboxylic acids is 1. The number of piperidine rings is 1. The van der Waals surface area contributed by atoms with Crippen LogP contribution in [0, 0.1) is 11.2 Å². The molecule has 0 radical (unpaired) electrons. The summed E-state index contributed by atoms with van der Waals surface area (Å²) in [5.41, 5.74) is 0.151. The van der Waals surface area contributed by atoms with Gasteiger partial charge >= 0.3 is 5.97 Å². The summed E-state index contributed by atoms with van der Waals surface area (Å²) in [7, 11) is 1.48. The number of halogens is 1. The van der Waals surface area contributed by atoms with Gasteiger partial charge in [0.25, 0.3) is 0 Å². The number of carboxylic acids is 1. The second-order valence-electron chi connectivity index (χ2n) is 7.08. The third-order valence-corrected chi connectivity index (χ3v) is 5.39. The second kappa shape index (κ2) is 8.06. The van der Waals surface area contributed by atoms with Gasteiger partial charge in [-0.1, -0.05) is 36.4 Å². The first kappa shape index (κ1) is 19.3. The molecule has 1 aliphatic heterocycles. The van der Waals surface area contributed by atoms with Gasteiger partial charge in [0.1, 0.15) is 17.0 Å². The van der Waals surface area contributed by atoms with E-state index in [0.717, 1.165) is 5.56 Å². The van der Waals surface area contributed by atoms with Crippen molar-refractivity contribution in [3.63, 3.8) is 0 Å². The van der Waals surface area contributed by atoms with Crippen LogP contribution < -0.4 is 4.74 Å². The Labute approximate surface area is 158 Å². The zero-order valence-electron chi connectivity index (χ0n) is 15.3. The van der Waals surface area contributed by atoms with E-state index >= 15 is 0 Å². The number of carboxylic acid groups (broad SMARTS) is 1. The van der Waals surface area contributed by atoms with Gasteiger partial charge < -0.3 is 14.9 Å². The van der Waals surface area contributed by atoms with Crippen LogP contribution in [-0.4, -0.2) is 47.4 Å². The first-order valence-electron chi connectivity index (χ1n) is 8.95. The molecule has 27 heavy (non-hydrogen) atoms. The predicted molar refractivity (Wildman–Crippen MR) is 99.1 cm³/mol. The van der Waals surface area contributed by atoms with Gasteiger partial charge in [-0.05, 0) is 31.0 Å². The molecule has 0 saturated carbocycles. The van der Waals surface area contributed by atoms with E-state index in [9.17, 15) is 19.4 Å². The number of aliphatic hydroxyl groups is 1. The molecule has 0 amide bonds. The number of carbonyl (C=O) groups is 1. The van der Waals surface area contributed by atoms with Gasteiger partial charge in [-0.25, -0.2) is 4.39 Å². The molecule has 0 aromatic heterocycles. The summed E-state index contributed by atoms with van der Waals surface area (Å²) in [6.07, 6.45) is -0.462. The number of rotatable bonds is 6. The van der Waals surface area contributed by atoms with E-state index in [1.165, 1.54) is 13.2 Å². The molecule has 1 fully saturated rings. The molecule has 0 spiro atoms. The highest BCUT2D eigenvalue weighted by molar-refractivity contribution is 5.76. The van der Waals surface area contributed by atoms with Gasteiger partial charge in [0.15, 0.2) is 0 Å². The average molecular weight is 373 g/mol. The Morgan fingerprint density at radius 2 is 2.04 bits per heavy atom. The van der Waals surface area contributed by atoms with Crippen LogP contribution in [0.2, 0.25) is 0 Å². The molecule has 3 rings (SSSR count). The van der Waals surface area contributed by atoms with E-state index in [4.69, 9.17) is 4.74 Å². The highest BCUT2D eigenvalue weighted by Gasteiger charge is 2.48. The largest absolute Gasteiger partial charge is 0.497 e. The van der Waals surface area contributed by atoms with Crippen molar-refractivity contribution in [1.82, 2.24) is 4.90 Å².